The number of nitrogens with two attached hydrogens (primary N) is 2. The van der Waals surface area contributed by atoms with E-state index in [2.05, 4.69) is 9.98 Å². The molecule has 0 aromatic carbocycles. The van der Waals surface area contributed by atoms with Crippen LogP contribution >= 0.6 is 0 Å². The molecule has 0 amide bonds. The third kappa shape index (κ3) is 6.93. The molecule has 0 aliphatic carbocycles. The van der Waals surface area contributed by atoms with Gasteiger partial charge in [0, 0.05) is 11.8 Å². The van der Waals surface area contributed by atoms with Crippen molar-refractivity contribution in [2.24, 2.45) is 16.5 Å². The summed E-state index contributed by atoms with van der Waals surface area (Å²) in [5, 5.41) is 7.12. The smallest absolute Gasteiger partial charge is 0.475 e. The van der Waals surface area contributed by atoms with E-state index in [9.17, 15) is 18.0 Å². The number of carbonyl (C=O) groups is 2. The Bertz CT molecular complexity index is 507. The molecule has 1 aromatic rings. The van der Waals surface area contributed by atoms with E-state index in [1.54, 1.807) is 12.1 Å². The molecule has 0 bridgehead atoms. The number of aliphatic carboxylic acids is 1. The van der Waals surface area contributed by atoms with Gasteiger partial charge in [0.1, 0.15) is 0 Å². The van der Waals surface area contributed by atoms with Crippen molar-refractivity contribution >= 4 is 23.5 Å². The number of alkyl halides is 3. The highest BCUT2D eigenvalue weighted by Gasteiger charge is 2.38. The van der Waals surface area contributed by atoms with Crippen LogP contribution in [-0.2, 0) is 4.79 Å². The average molecular weight is 292 g/mol. The molecule has 0 fully saturated rings. The zero-order chi connectivity index (χ0) is 15.9. The second-order valence-electron chi connectivity index (χ2n) is 3.30. The van der Waals surface area contributed by atoms with Gasteiger partial charge in [-0.25, -0.2) is 9.78 Å². The summed E-state index contributed by atoms with van der Waals surface area (Å²) in [5.74, 6) is -2.45. The zero-order valence-corrected chi connectivity index (χ0v) is 10.2. The van der Waals surface area contributed by atoms with Gasteiger partial charge >= 0.3 is 12.1 Å². The molecule has 5 N–H and O–H groups in total. The third-order valence-corrected chi connectivity index (χ3v) is 1.64. The standard InChI is InChI=1S/C8H10N4O.C2HF3O2/c1-5(13)6-2-3-7(11-4-6)12-8(9)10;3-2(4,5)1(6)7/h2-4H,1H3,(H4,9,10,11,12);(H,6,7). The predicted molar refractivity (Wildman–Crippen MR) is 63.4 cm³/mol. The summed E-state index contributed by atoms with van der Waals surface area (Å²) >= 11 is 0. The Morgan fingerprint density at radius 3 is 2.05 bits per heavy atom. The van der Waals surface area contributed by atoms with Crippen LogP contribution in [0.25, 0.3) is 0 Å². The van der Waals surface area contributed by atoms with Gasteiger partial charge in [-0.3, -0.25) is 4.79 Å². The first-order valence-corrected chi connectivity index (χ1v) is 4.90. The number of ketones is 1. The van der Waals surface area contributed by atoms with Gasteiger partial charge in [0.2, 0.25) is 0 Å². The topological polar surface area (TPSA) is 132 Å². The first kappa shape index (κ1) is 17.4. The molecule has 1 rings (SSSR count). The van der Waals surface area contributed by atoms with Crippen LogP contribution in [0.2, 0.25) is 0 Å². The van der Waals surface area contributed by atoms with Crippen LogP contribution in [0.1, 0.15) is 17.3 Å². The second kappa shape index (κ2) is 7.07. The fourth-order valence-electron chi connectivity index (χ4n) is 0.793. The van der Waals surface area contributed by atoms with Crippen LogP contribution < -0.4 is 11.5 Å². The lowest BCUT2D eigenvalue weighted by Gasteiger charge is -1.95. The molecule has 20 heavy (non-hydrogen) atoms. The molecule has 0 aliphatic rings. The first-order valence-electron chi connectivity index (χ1n) is 4.90. The van der Waals surface area contributed by atoms with Crippen molar-refractivity contribution in [3.8, 4) is 0 Å². The van der Waals surface area contributed by atoms with Crippen molar-refractivity contribution in [1.82, 2.24) is 4.98 Å². The van der Waals surface area contributed by atoms with E-state index in [4.69, 9.17) is 21.4 Å². The van der Waals surface area contributed by atoms with Gasteiger partial charge in [-0.05, 0) is 19.1 Å². The molecular formula is C10H11F3N4O3. The highest BCUT2D eigenvalue weighted by Crippen LogP contribution is 2.13. The number of hydrogen-bond acceptors (Lipinski definition) is 4. The molecule has 0 unspecified atom stereocenters. The molecular weight excluding hydrogens is 281 g/mol. The first-order chi connectivity index (χ1) is 9.04. The number of hydrogen-bond donors (Lipinski definition) is 3. The normalized spacial score (nSPS) is 10.0. The van der Waals surface area contributed by atoms with Gasteiger partial charge in [-0.1, -0.05) is 0 Å². The number of rotatable bonds is 2. The fraction of sp³-hybridized carbons (Fsp3) is 0.200. The summed E-state index contributed by atoms with van der Waals surface area (Å²) in [4.78, 5) is 27.3. The van der Waals surface area contributed by atoms with Crippen molar-refractivity contribution in [1.29, 1.82) is 0 Å². The molecule has 0 saturated heterocycles. The van der Waals surface area contributed by atoms with E-state index in [1.165, 1.54) is 13.1 Å². The number of carboxylic acids is 1. The monoisotopic (exact) mass is 292 g/mol. The maximum absolute atomic E-state index is 10.9. The Morgan fingerprint density at radius 2 is 1.80 bits per heavy atom. The summed E-state index contributed by atoms with van der Waals surface area (Å²) in [6.45, 7) is 1.47. The molecule has 10 heteroatoms. The maximum Gasteiger partial charge on any atom is 0.490 e. The van der Waals surface area contributed by atoms with Gasteiger partial charge in [-0.15, -0.1) is 0 Å². The Hall–Kier alpha value is -2.65. The lowest BCUT2D eigenvalue weighted by molar-refractivity contribution is -0.192. The molecule has 0 radical (unpaired) electrons. The van der Waals surface area contributed by atoms with Crippen LogP contribution in [0.3, 0.4) is 0 Å². The molecule has 0 saturated carbocycles. The Labute approximate surface area is 111 Å². The van der Waals surface area contributed by atoms with E-state index >= 15 is 0 Å². The van der Waals surface area contributed by atoms with Crippen molar-refractivity contribution in [2.75, 3.05) is 0 Å². The van der Waals surface area contributed by atoms with Crippen molar-refractivity contribution in [3.05, 3.63) is 23.9 Å². The summed E-state index contributed by atoms with van der Waals surface area (Å²) in [6, 6.07) is 3.20. The van der Waals surface area contributed by atoms with Crippen molar-refractivity contribution < 1.29 is 27.9 Å². The van der Waals surface area contributed by atoms with Gasteiger partial charge in [0.15, 0.2) is 17.6 Å². The summed E-state index contributed by atoms with van der Waals surface area (Å²) < 4.78 is 31.7. The van der Waals surface area contributed by atoms with E-state index in [-0.39, 0.29) is 11.7 Å². The number of halogens is 3. The van der Waals surface area contributed by atoms with Gasteiger partial charge < -0.3 is 16.6 Å². The minimum atomic E-state index is -5.08. The van der Waals surface area contributed by atoms with E-state index in [1.807, 2.05) is 0 Å². The van der Waals surface area contributed by atoms with Crippen LogP contribution in [0.5, 0.6) is 0 Å². The van der Waals surface area contributed by atoms with Gasteiger partial charge in [0.25, 0.3) is 0 Å². The summed E-state index contributed by atoms with van der Waals surface area (Å²) in [6.07, 6.45) is -3.65. The molecule has 0 spiro atoms. The largest absolute Gasteiger partial charge is 0.490 e. The van der Waals surface area contributed by atoms with Crippen molar-refractivity contribution in [2.45, 2.75) is 13.1 Å². The molecule has 1 heterocycles. The number of guanidine groups is 1. The van der Waals surface area contributed by atoms with Crippen LogP contribution in [0.15, 0.2) is 23.3 Å². The highest BCUT2D eigenvalue weighted by molar-refractivity contribution is 5.93. The number of aromatic nitrogens is 1. The minimum absolute atomic E-state index is 0.0382. The average Bonchev–Trinajstić information content (AvgIpc) is 2.28. The van der Waals surface area contributed by atoms with Gasteiger partial charge in [0.05, 0.1) is 0 Å². The number of aliphatic imine (C=N–C) groups is 1. The molecule has 0 aliphatic heterocycles. The Balaban J connectivity index is 0.000000441. The lowest BCUT2D eigenvalue weighted by Crippen LogP contribution is -2.22. The summed E-state index contributed by atoms with van der Waals surface area (Å²) in [7, 11) is 0. The number of carboxylic acid groups (broad SMARTS) is 1. The van der Waals surface area contributed by atoms with Crippen molar-refractivity contribution in [3.63, 3.8) is 0 Å². The molecule has 7 nitrogen and oxygen atoms in total. The Morgan fingerprint density at radius 1 is 1.30 bits per heavy atom. The second-order valence-corrected chi connectivity index (χ2v) is 3.30. The van der Waals surface area contributed by atoms with Crippen LogP contribution in [-0.4, -0.2) is 34.0 Å². The highest BCUT2D eigenvalue weighted by atomic mass is 19.4. The summed E-state index contributed by atoms with van der Waals surface area (Å²) in [5.41, 5.74) is 10.8. The van der Waals surface area contributed by atoms with E-state index < -0.39 is 12.1 Å². The van der Waals surface area contributed by atoms with Gasteiger partial charge in [-0.2, -0.15) is 18.2 Å². The Kier molecular flexibility index (Phi) is 6.13. The maximum atomic E-state index is 10.9. The minimum Gasteiger partial charge on any atom is -0.475 e. The lowest BCUT2D eigenvalue weighted by atomic mass is 10.2. The SMILES string of the molecule is CC(=O)c1ccc(N=C(N)N)nc1.O=C(O)C(F)(F)F. The zero-order valence-electron chi connectivity index (χ0n) is 10.2. The molecule has 110 valence electrons. The number of Topliss-reactive ketones (excluding diaryl/α,β-unsaturated/α-hetero) is 1. The quantitative estimate of drug-likeness (QED) is 0.420. The molecule has 0 atom stereocenters. The third-order valence-electron chi connectivity index (χ3n) is 1.64. The number of pyridine rings is 1. The van der Waals surface area contributed by atoms with Crippen LogP contribution in [0, 0.1) is 0 Å². The number of carbonyl (C=O) groups excluding carboxylic acids is 1. The predicted octanol–water partition coefficient (Wildman–Crippen LogP) is 0.822. The van der Waals surface area contributed by atoms with E-state index in [0.717, 1.165) is 0 Å². The fourth-order valence-corrected chi connectivity index (χ4v) is 0.793. The number of nitrogens with zero attached hydrogens (tertiary/aromatic N) is 2. The van der Waals surface area contributed by atoms with Crippen LogP contribution in [0.4, 0.5) is 19.0 Å². The molecule has 1 aromatic heterocycles. The van der Waals surface area contributed by atoms with E-state index in [0.29, 0.717) is 11.4 Å².